The molecule has 0 aromatic carbocycles. The Kier molecular flexibility index (Phi) is 10.5. The minimum Gasteiger partial charge on any atom is -0.469 e. The Morgan fingerprint density at radius 2 is 1.47 bits per heavy atom. The Labute approximate surface area is 289 Å². The summed E-state index contributed by atoms with van der Waals surface area (Å²) in [5.41, 5.74) is 9.95. The minimum atomic E-state index is -0.713. The van der Waals surface area contributed by atoms with Gasteiger partial charge in [0.15, 0.2) is 0 Å². The van der Waals surface area contributed by atoms with Crippen LogP contribution < -0.4 is 5.32 Å². The van der Waals surface area contributed by atoms with Crippen molar-refractivity contribution >= 4 is 40.7 Å². The summed E-state index contributed by atoms with van der Waals surface area (Å²) in [7, 11) is 2.73. The van der Waals surface area contributed by atoms with Gasteiger partial charge in [0.2, 0.25) is 5.91 Å². The lowest BCUT2D eigenvalue weighted by atomic mass is 9.73. The molecule has 5 aliphatic heterocycles. The van der Waals surface area contributed by atoms with Crippen molar-refractivity contribution in [2.24, 2.45) is 37.2 Å². The molecule has 3 atom stereocenters. The van der Waals surface area contributed by atoms with Crippen molar-refractivity contribution in [1.82, 2.24) is 5.32 Å². The lowest BCUT2D eigenvalue weighted by Crippen LogP contribution is -2.45. The van der Waals surface area contributed by atoms with E-state index in [1.165, 1.54) is 14.2 Å². The van der Waals surface area contributed by atoms with Crippen LogP contribution in [0.2, 0.25) is 0 Å². The van der Waals surface area contributed by atoms with Crippen molar-refractivity contribution in [3.05, 3.63) is 81.5 Å². The van der Waals surface area contributed by atoms with Crippen LogP contribution in [0.4, 0.5) is 0 Å². The fourth-order valence-electron chi connectivity index (χ4n) is 6.72. The van der Waals surface area contributed by atoms with Crippen molar-refractivity contribution < 1.29 is 23.9 Å². The number of rotatable bonds is 10. The zero-order valence-electron chi connectivity index (χ0n) is 30.1. The molecule has 0 unspecified atom stereocenters. The third-order valence-electron chi connectivity index (χ3n) is 10.1. The molecule has 0 radical (unpaired) electrons. The number of carbonyl (C=O) groups is 3. The molecule has 258 valence electrons. The number of ether oxygens (including phenoxy) is 2. The highest BCUT2D eigenvalue weighted by atomic mass is 16.5. The van der Waals surface area contributed by atoms with Gasteiger partial charge in [0.25, 0.3) is 0 Å². The highest BCUT2D eigenvalue weighted by molar-refractivity contribution is 6.17. The third-order valence-corrected chi connectivity index (χ3v) is 10.1. The molecule has 1 N–H and O–H groups in total. The first-order chi connectivity index (χ1) is 23.2. The minimum absolute atomic E-state index is 0.0715. The van der Waals surface area contributed by atoms with Crippen LogP contribution in [0.1, 0.15) is 80.6 Å². The zero-order valence-corrected chi connectivity index (χ0v) is 30.1. The van der Waals surface area contributed by atoms with Gasteiger partial charge in [-0.3, -0.25) is 14.6 Å². The summed E-state index contributed by atoms with van der Waals surface area (Å²) in [6.45, 7) is 14.3. The zero-order chi connectivity index (χ0) is 35.6. The number of hydrogen-bond donors (Lipinski definition) is 1. The van der Waals surface area contributed by atoms with Crippen LogP contribution in [-0.4, -0.2) is 61.0 Å². The quantitative estimate of drug-likeness (QED) is 0.261. The molecule has 49 heavy (non-hydrogen) atoms. The van der Waals surface area contributed by atoms with E-state index < -0.39 is 17.4 Å². The summed E-state index contributed by atoms with van der Waals surface area (Å²) in [6.07, 6.45) is 14.2. The van der Waals surface area contributed by atoms with E-state index in [2.05, 4.69) is 25.2 Å². The monoisotopic (exact) mass is 665 g/mol. The van der Waals surface area contributed by atoms with E-state index in [0.717, 1.165) is 74.3 Å². The molecule has 0 aromatic rings. The maximum atomic E-state index is 13.3. The van der Waals surface area contributed by atoms with Gasteiger partial charge in [-0.2, -0.15) is 0 Å². The largest absolute Gasteiger partial charge is 0.469 e. The molecule has 0 aromatic heterocycles. The van der Waals surface area contributed by atoms with E-state index in [9.17, 15) is 14.4 Å². The average Bonchev–Trinajstić information content (AvgIpc) is 3.75. The molecular formula is C39H47N5O5. The molecule has 0 saturated carbocycles. The van der Waals surface area contributed by atoms with Gasteiger partial charge in [0, 0.05) is 35.6 Å². The summed E-state index contributed by atoms with van der Waals surface area (Å²) in [4.78, 5) is 58.2. The number of allylic oxidation sites excluding steroid dienone is 11. The predicted molar refractivity (Wildman–Crippen MR) is 193 cm³/mol. The van der Waals surface area contributed by atoms with Gasteiger partial charge in [0.05, 0.1) is 48.4 Å². The van der Waals surface area contributed by atoms with Crippen LogP contribution in [0.15, 0.2) is 102 Å². The number of nitrogens with one attached hydrogen (secondary N) is 1. The molecule has 10 nitrogen and oxygen atoms in total. The van der Waals surface area contributed by atoms with Crippen LogP contribution in [0.25, 0.3) is 0 Å². The van der Waals surface area contributed by atoms with E-state index in [0.29, 0.717) is 12.8 Å². The topological polar surface area (TPSA) is 131 Å². The first-order valence-corrected chi connectivity index (χ1v) is 17.0. The molecule has 0 saturated heterocycles. The standard InChI is InChI=1S/C39H47N5O5/c1-10-21(2)37(38(47)49-9)44-35(45)13-12-28-33-19-32-27(11-14-36(46)48-8)24(5)31(42-32)18-26-15-22(3)29(40-26)17-25-16-23(4)30(41-25)20-34(43-33)39(28,6)7/h15-21,28,37H,10-14H2,1-9H3,(H,44,45)/t21-,28-,37+/m0/s1. The second-order valence-corrected chi connectivity index (χ2v) is 13.8. The summed E-state index contributed by atoms with van der Waals surface area (Å²) in [5, 5.41) is 2.92. The molecule has 0 spiro atoms. The molecule has 8 bridgehead atoms. The van der Waals surface area contributed by atoms with Crippen LogP contribution in [0.3, 0.4) is 0 Å². The normalized spacial score (nSPS) is 21.9. The van der Waals surface area contributed by atoms with Crippen LogP contribution >= 0.6 is 0 Å². The molecule has 5 heterocycles. The second-order valence-electron chi connectivity index (χ2n) is 13.8. The van der Waals surface area contributed by atoms with E-state index in [1.54, 1.807) is 0 Å². The van der Waals surface area contributed by atoms with Gasteiger partial charge < -0.3 is 14.8 Å². The van der Waals surface area contributed by atoms with Crippen molar-refractivity contribution in [2.75, 3.05) is 14.2 Å². The molecule has 5 rings (SSSR count). The molecule has 0 fully saturated rings. The maximum absolute atomic E-state index is 13.3. The van der Waals surface area contributed by atoms with Gasteiger partial charge in [-0.15, -0.1) is 0 Å². The van der Waals surface area contributed by atoms with Crippen molar-refractivity contribution in [1.29, 1.82) is 0 Å². The van der Waals surface area contributed by atoms with Gasteiger partial charge in [-0.25, -0.2) is 19.8 Å². The average molecular weight is 666 g/mol. The molecule has 1 amide bonds. The molecular weight excluding hydrogens is 618 g/mol. The summed E-state index contributed by atoms with van der Waals surface area (Å²) in [5.74, 6) is -1.18. The number of amides is 1. The molecule has 0 aliphatic carbocycles. The van der Waals surface area contributed by atoms with Gasteiger partial charge in [0.1, 0.15) is 6.04 Å². The Morgan fingerprint density at radius 3 is 2.08 bits per heavy atom. The van der Waals surface area contributed by atoms with E-state index >= 15 is 0 Å². The Morgan fingerprint density at radius 1 is 0.837 bits per heavy atom. The highest BCUT2D eigenvalue weighted by Gasteiger charge is 2.42. The molecule has 10 heteroatoms. The number of aliphatic imine (C=N–C) groups is 4. The smallest absolute Gasteiger partial charge is 0.328 e. The predicted octanol–water partition coefficient (Wildman–Crippen LogP) is 6.64. The first kappa shape index (κ1) is 35.6. The van der Waals surface area contributed by atoms with Crippen molar-refractivity contribution in [3.63, 3.8) is 0 Å². The first-order valence-electron chi connectivity index (χ1n) is 17.0. The lowest BCUT2D eigenvalue weighted by Gasteiger charge is -2.29. The summed E-state index contributed by atoms with van der Waals surface area (Å²) in [6, 6.07) is -0.713. The third kappa shape index (κ3) is 7.48. The Balaban J connectivity index is 1.58. The molecule has 5 aliphatic rings. The number of nitrogens with zero attached hydrogens (tertiary/aromatic N) is 4. The van der Waals surface area contributed by atoms with E-state index in [4.69, 9.17) is 29.4 Å². The number of hydrogen-bond acceptors (Lipinski definition) is 9. The van der Waals surface area contributed by atoms with Gasteiger partial charge >= 0.3 is 11.9 Å². The fraction of sp³-hybridized carbons (Fsp3) is 0.462. The number of carbonyl (C=O) groups excluding carboxylic acids is 3. The Bertz CT molecular complexity index is 1820. The summed E-state index contributed by atoms with van der Waals surface area (Å²) < 4.78 is 9.94. The van der Waals surface area contributed by atoms with Crippen molar-refractivity contribution in [3.8, 4) is 0 Å². The van der Waals surface area contributed by atoms with Gasteiger partial charge in [-0.1, -0.05) is 34.1 Å². The number of fused-ring (bicyclic) bond motifs is 4. The second kappa shape index (κ2) is 14.4. The maximum Gasteiger partial charge on any atom is 0.328 e. The van der Waals surface area contributed by atoms with E-state index in [1.807, 2.05) is 65.0 Å². The van der Waals surface area contributed by atoms with Crippen LogP contribution in [0.5, 0.6) is 0 Å². The summed E-state index contributed by atoms with van der Waals surface area (Å²) >= 11 is 0. The Hall–Kier alpha value is -4.73. The van der Waals surface area contributed by atoms with Gasteiger partial charge in [-0.05, 0) is 98.3 Å². The van der Waals surface area contributed by atoms with Crippen LogP contribution in [0, 0.1) is 17.3 Å². The number of esters is 2. The lowest BCUT2D eigenvalue weighted by molar-refractivity contribution is -0.146. The highest BCUT2D eigenvalue weighted by Crippen LogP contribution is 2.46. The van der Waals surface area contributed by atoms with Crippen molar-refractivity contribution in [2.45, 2.75) is 86.6 Å². The van der Waals surface area contributed by atoms with Crippen LogP contribution in [-0.2, 0) is 23.9 Å². The SMILES string of the molecule is CC[C@H](C)[C@@H](NC(=O)CC[C@H]1C2=NC(=CC3=NC(=CC4=NC(=CC5=NC(=C2)C(CCC(=O)OC)=C5C)C=C4C)C=C3C)C1(C)C)C(=O)OC. The fourth-order valence-corrected chi connectivity index (χ4v) is 6.72. The number of methoxy groups -OCH3 is 2. The van der Waals surface area contributed by atoms with E-state index in [-0.39, 0.29) is 36.6 Å².